The van der Waals surface area contributed by atoms with Gasteiger partial charge in [0.1, 0.15) is 0 Å². The Morgan fingerprint density at radius 3 is 2.31 bits per heavy atom. The molecule has 1 aromatic rings. The van der Waals surface area contributed by atoms with Crippen LogP contribution in [0.1, 0.15) is 11.7 Å². The van der Waals surface area contributed by atoms with Crippen molar-refractivity contribution in [3.8, 4) is 0 Å². The van der Waals surface area contributed by atoms with Gasteiger partial charge in [0.05, 0.1) is 12.1 Å². The molecule has 0 bridgehead atoms. The predicted molar refractivity (Wildman–Crippen MR) is 54.2 cm³/mol. The molecule has 0 fully saturated rings. The van der Waals surface area contributed by atoms with Gasteiger partial charge < -0.3 is 20.5 Å². The SMILES string of the molecule is O.O=C([O-])/C=C/C(O)c1ccc(Cl)cc1.[Na+]. The number of hydrogen-bond donors (Lipinski definition) is 1. The quantitative estimate of drug-likeness (QED) is 0.455. The number of carbonyl (C=O) groups is 1. The van der Waals surface area contributed by atoms with E-state index in [0.29, 0.717) is 10.6 Å². The van der Waals surface area contributed by atoms with Gasteiger partial charge in [-0.2, -0.15) is 0 Å². The summed E-state index contributed by atoms with van der Waals surface area (Å²) in [7, 11) is 0. The molecule has 1 rings (SSSR count). The summed E-state index contributed by atoms with van der Waals surface area (Å²) >= 11 is 5.64. The first kappa shape index (κ1) is 18.0. The zero-order chi connectivity index (χ0) is 10.6. The van der Waals surface area contributed by atoms with E-state index in [2.05, 4.69) is 0 Å². The Hall–Kier alpha value is -0.360. The normalized spacial score (nSPS) is 11.4. The summed E-state index contributed by atoms with van der Waals surface area (Å²) in [6.45, 7) is 0. The largest absolute Gasteiger partial charge is 1.00 e. The molecule has 0 aliphatic carbocycles. The van der Waals surface area contributed by atoms with Crippen molar-refractivity contribution in [2.45, 2.75) is 6.10 Å². The maximum absolute atomic E-state index is 10.1. The summed E-state index contributed by atoms with van der Waals surface area (Å²) < 4.78 is 0. The number of aliphatic carboxylic acids is 1. The molecule has 0 saturated carbocycles. The number of hydrogen-bond acceptors (Lipinski definition) is 3. The molecule has 0 saturated heterocycles. The van der Waals surface area contributed by atoms with E-state index in [1.54, 1.807) is 24.3 Å². The topological polar surface area (TPSA) is 91.9 Å². The Morgan fingerprint density at radius 2 is 1.88 bits per heavy atom. The van der Waals surface area contributed by atoms with Crippen LogP contribution in [0.4, 0.5) is 0 Å². The van der Waals surface area contributed by atoms with Crippen LogP contribution in [-0.2, 0) is 4.79 Å². The summed E-state index contributed by atoms with van der Waals surface area (Å²) in [5.74, 6) is -1.34. The first-order valence-corrected chi connectivity index (χ1v) is 4.30. The van der Waals surface area contributed by atoms with Gasteiger partial charge in [0, 0.05) is 5.02 Å². The molecule has 0 radical (unpaired) electrons. The van der Waals surface area contributed by atoms with Gasteiger partial charge in [-0.25, -0.2) is 0 Å². The number of halogens is 1. The molecule has 82 valence electrons. The molecule has 16 heavy (non-hydrogen) atoms. The summed E-state index contributed by atoms with van der Waals surface area (Å²) in [5, 5.41) is 20.1. The van der Waals surface area contributed by atoms with Crippen LogP contribution < -0.4 is 34.7 Å². The minimum atomic E-state index is -1.34. The van der Waals surface area contributed by atoms with Crippen LogP contribution in [0.2, 0.25) is 5.02 Å². The average molecular weight is 253 g/mol. The summed E-state index contributed by atoms with van der Waals surface area (Å²) in [6.07, 6.45) is 0.975. The van der Waals surface area contributed by atoms with Gasteiger partial charge in [-0.05, 0) is 29.8 Å². The third kappa shape index (κ3) is 6.27. The van der Waals surface area contributed by atoms with Crippen molar-refractivity contribution >= 4 is 17.6 Å². The van der Waals surface area contributed by atoms with Crippen molar-refractivity contribution in [2.75, 3.05) is 0 Å². The van der Waals surface area contributed by atoms with Gasteiger partial charge in [0.15, 0.2) is 0 Å². The minimum Gasteiger partial charge on any atom is -0.545 e. The van der Waals surface area contributed by atoms with E-state index >= 15 is 0 Å². The van der Waals surface area contributed by atoms with E-state index in [-0.39, 0.29) is 35.0 Å². The molecule has 1 aromatic carbocycles. The molecule has 3 N–H and O–H groups in total. The van der Waals surface area contributed by atoms with Crippen molar-refractivity contribution in [1.29, 1.82) is 0 Å². The van der Waals surface area contributed by atoms with Crippen LogP contribution in [0, 0.1) is 0 Å². The number of carbonyl (C=O) groups excluding carboxylic acids is 1. The van der Waals surface area contributed by atoms with E-state index < -0.39 is 12.1 Å². The third-order valence-corrected chi connectivity index (χ3v) is 1.88. The van der Waals surface area contributed by atoms with Crippen LogP contribution in [0.15, 0.2) is 36.4 Å². The molecular formula is C10H10ClNaO4. The Morgan fingerprint density at radius 1 is 1.38 bits per heavy atom. The van der Waals surface area contributed by atoms with E-state index in [4.69, 9.17) is 11.6 Å². The monoisotopic (exact) mass is 252 g/mol. The number of aliphatic hydroxyl groups excluding tert-OH is 1. The molecule has 4 nitrogen and oxygen atoms in total. The van der Waals surface area contributed by atoms with E-state index in [0.717, 1.165) is 12.2 Å². The van der Waals surface area contributed by atoms with Gasteiger partial charge in [0.25, 0.3) is 0 Å². The van der Waals surface area contributed by atoms with Crippen molar-refractivity contribution in [3.63, 3.8) is 0 Å². The number of rotatable bonds is 3. The predicted octanol–water partition coefficient (Wildman–Crippen LogP) is -3.14. The van der Waals surface area contributed by atoms with Crippen LogP contribution in [0.25, 0.3) is 0 Å². The smallest absolute Gasteiger partial charge is 0.545 e. The molecule has 0 aliphatic rings. The minimum absolute atomic E-state index is 0. The third-order valence-electron chi connectivity index (χ3n) is 1.63. The fourth-order valence-corrected chi connectivity index (χ4v) is 1.07. The molecule has 6 heteroatoms. The van der Waals surface area contributed by atoms with Gasteiger partial charge in [-0.3, -0.25) is 0 Å². The molecule has 0 amide bonds. The molecule has 0 spiro atoms. The molecule has 1 atom stereocenters. The summed E-state index contributed by atoms with van der Waals surface area (Å²) in [6, 6.07) is 6.47. The second-order valence-electron chi connectivity index (χ2n) is 2.67. The Balaban J connectivity index is 0. The first-order valence-electron chi connectivity index (χ1n) is 3.92. The number of benzene rings is 1. The second kappa shape index (κ2) is 8.75. The second-order valence-corrected chi connectivity index (χ2v) is 3.11. The van der Waals surface area contributed by atoms with Crippen molar-refractivity contribution in [3.05, 3.63) is 47.0 Å². The van der Waals surface area contributed by atoms with E-state index in [1.807, 2.05) is 0 Å². The van der Waals surface area contributed by atoms with Crippen LogP contribution >= 0.6 is 11.6 Å². The maximum Gasteiger partial charge on any atom is 1.00 e. The van der Waals surface area contributed by atoms with Gasteiger partial charge in [-0.1, -0.05) is 23.7 Å². The summed E-state index contributed by atoms with van der Waals surface area (Å²) in [4.78, 5) is 10.1. The van der Waals surface area contributed by atoms with Crippen LogP contribution in [0.3, 0.4) is 0 Å². The average Bonchev–Trinajstić information content (AvgIpc) is 2.15. The molecule has 0 aliphatic heterocycles. The molecule has 0 heterocycles. The number of carboxylic acid groups (broad SMARTS) is 1. The number of aliphatic hydroxyl groups is 1. The van der Waals surface area contributed by atoms with Crippen LogP contribution in [0.5, 0.6) is 0 Å². The zero-order valence-corrected chi connectivity index (χ0v) is 11.4. The fourth-order valence-electron chi connectivity index (χ4n) is 0.941. The van der Waals surface area contributed by atoms with Gasteiger partial charge in [-0.15, -0.1) is 0 Å². The van der Waals surface area contributed by atoms with E-state index in [9.17, 15) is 15.0 Å². The first-order chi connectivity index (χ1) is 6.59. The maximum atomic E-state index is 10.1. The Bertz CT molecular complexity index is 350. The zero-order valence-electron chi connectivity index (χ0n) is 8.68. The van der Waals surface area contributed by atoms with Crippen LogP contribution in [-0.4, -0.2) is 16.6 Å². The van der Waals surface area contributed by atoms with Gasteiger partial charge >= 0.3 is 29.6 Å². The fraction of sp³-hybridized carbons (Fsp3) is 0.100. The van der Waals surface area contributed by atoms with Crippen molar-refractivity contribution in [1.82, 2.24) is 0 Å². The molecule has 0 aromatic heterocycles. The number of carboxylic acids is 1. The Kier molecular flexibility index (Phi) is 9.86. The summed E-state index contributed by atoms with van der Waals surface area (Å²) in [5.41, 5.74) is 0.576. The standard InChI is InChI=1S/C10H9ClO3.Na.H2O/c11-8-3-1-7(2-4-8)9(12)5-6-10(13)14;;/h1-6,9,12H,(H,13,14);;1H2/q;+1;/p-1/b6-5+;;. The van der Waals surface area contributed by atoms with Crippen molar-refractivity contribution < 1.29 is 50.0 Å². The Labute approximate surface area is 120 Å². The molecular weight excluding hydrogens is 243 g/mol. The molecule has 1 unspecified atom stereocenters. The van der Waals surface area contributed by atoms with Crippen molar-refractivity contribution in [2.24, 2.45) is 0 Å². The van der Waals surface area contributed by atoms with E-state index in [1.165, 1.54) is 0 Å². The van der Waals surface area contributed by atoms with Gasteiger partial charge in [0.2, 0.25) is 0 Å².